The predicted octanol–water partition coefficient (Wildman–Crippen LogP) is 3.02. The normalized spacial score (nSPS) is 14.3. The number of benzene rings is 2. The third-order valence-corrected chi connectivity index (χ3v) is 6.01. The quantitative estimate of drug-likeness (QED) is 0.841. The van der Waals surface area contributed by atoms with Crippen molar-refractivity contribution >= 4 is 27.4 Å². The molecule has 0 saturated heterocycles. The summed E-state index contributed by atoms with van der Waals surface area (Å²) in [5.74, 6) is -1.53. The Balaban J connectivity index is 1.80. The van der Waals surface area contributed by atoms with E-state index in [0.29, 0.717) is 24.9 Å². The van der Waals surface area contributed by atoms with Crippen molar-refractivity contribution in [3.05, 3.63) is 65.7 Å². The van der Waals surface area contributed by atoms with Crippen molar-refractivity contribution in [2.24, 2.45) is 0 Å². The highest BCUT2D eigenvalue weighted by molar-refractivity contribution is 7.91. The van der Waals surface area contributed by atoms with Crippen molar-refractivity contribution < 1.29 is 23.1 Å². The number of anilines is 1. The van der Waals surface area contributed by atoms with Crippen molar-refractivity contribution in [2.45, 2.75) is 29.1 Å². The first-order valence-corrected chi connectivity index (χ1v) is 9.55. The fraction of sp³-hybridized carbons (Fsp3) is 0.158. The van der Waals surface area contributed by atoms with Crippen LogP contribution in [-0.4, -0.2) is 25.4 Å². The molecule has 2 N–H and O–H groups in total. The van der Waals surface area contributed by atoms with Gasteiger partial charge >= 0.3 is 5.97 Å². The summed E-state index contributed by atoms with van der Waals surface area (Å²) >= 11 is 0. The van der Waals surface area contributed by atoms with Crippen molar-refractivity contribution in [1.82, 2.24) is 0 Å². The Kier molecular flexibility index (Phi) is 4.90. The minimum atomic E-state index is -3.62. The van der Waals surface area contributed by atoms with Crippen LogP contribution in [0.25, 0.3) is 0 Å². The minimum Gasteiger partial charge on any atom is -0.478 e. The van der Waals surface area contributed by atoms with E-state index >= 15 is 0 Å². The van der Waals surface area contributed by atoms with Crippen LogP contribution in [0.5, 0.6) is 0 Å². The Hall–Kier alpha value is -2.93. The van der Waals surface area contributed by atoms with E-state index in [1.54, 1.807) is 18.2 Å². The number of amides is 1. The van der Waals surface area contributed by atoms with Crippen LogP contribution in [0, 0.1) is 0 Å². The van der Waals surface area contributed by atoms with E-state index in [4.69, 9.17) is 5.11 Å². The van der Waals surface area contributed by atoms with E-state index in [-0.39, 0.29) is 20.9 Å². The Bertz CT molecular complexity index is 976. The average Bonchev–Trinajstić information content (AvgIpc) is 3.13. The molecule has 26 heavy (non-hydrogen) atoms. The summed E-state index contributed by atoms with van der Waals surface area (Å²) in [6.45, 7) is 0. The predicted molar refractivity (Wildman–Crippen MR) is 95.5 cm³/mol. The Morgan fingerprint density at radius 2 is 1.42 bits per heavy atom. The molecule has 0 atom stereocenters. The first-order chi connectivity index (χ1) is 12.4. The van der Waals surface area contributed by atoms with Gasteiger partial charge in [0.25, 0.3) is 5.91 Å². The smallest absolute Gasteiger partial charge is 0.332 e. The number of rotatable bonds is 5. The van der Waals surface area contributed by atoms with Crippen LogP contribution >= 0.6 is 0 Å². The Morgan fingerprint density at radius 1 is 0.846 bits per heavy atom. The SMILES string of the molecule is O=C(O)C1=C(C(=O)Nc2ccc(S(=O)(=O)c3ccccc3)cc2)CCC1. The number of hydrogen-bond acceptors (Lipinski definition) is 4. The molecule has 1 aliphatic rings. The molecule has 0 fully saturated rings. The molecule has 0 unspecified atom stereocenters. The standard InChI is InChI=1S/C19H17NO5S/c21-18(16-7-4-8-17(16)19(22)23)20-13-9-11-15(12-10-13)26(24,25)14-5-2-1-3-6-14/h1-3,5-6,9-12H,4,7-8H2,(H,20,21)(H,22,23). The van der Waals surface area contributed by atoms with Gasteiger partial charge in [0, 0.05) is 16.8 Å². The van der Waals surface area contributed by atoms with Gasteiger partial charge in [0.1, 0.15) is 0 Å². The average molecular weight is 371 g/mol. The van der Waals surface area contributed by atoms with E-state index in [2.05, 4.69) is 5.32 Å². The van der Waals surface area contributed by atoms with Gasteiger partial charge in [-0.3, -0.25) is 4.79 Å². The third kappa shape index (κ3) is 3.52. The zero-order chi connectivity index (χ0) is 18.7. The summed E-state index contributed by atoms with van der Waals surface area (Å²) in [7, 11) is -3.62. The molecule has 2 aromatic rings. The summed E-state index contributed by atoms with van der Waals surface area (Å²) in [4.78, 5) is 23.7. The molecule has 0 aromatic heterocycles. The van der Waals surface area contributed by atoms with Gasteiger partial charge in [-0.25, -0.2) is 13.2 Å². The van der Waals surface area contributed by atoms with Gasteiger partial charge in [0.2, 0.25) is 9.84 Å². The first-order valence-electron chi connectivity index (χ1n) is 8.06. The molecular formula is C19H17NO5S. The van der Waals surface area contributed by atoms with E-state index in [9.17, 15) is 18.0 Å². The number of hydrogen-bond donors (Lipinski definition) is 2. The number of carboxylic acids is 1. The second kappa shape index (κ2) is 7.13. The van der Waals surface area contributed by atoms with Gasteiger partial charge in [-0.2, -0.15) is 0 Å². The lowest BCUT2D eigenvalue weighted by Gasteiger charge is -2.09. The van der Waals surface area contributed by atoms with Crippen molar-refractivity contribution in [2.75, 3.05) is 5.32 Å². The molecule has 0 saturated carbocycles. The van der Waals surface area contributed by atoms with Crippen LogP contribution in [0.1, 0.15) is 19.3 Å². The number of nitrogens with one attached hydrogen (secondary N) is 1. The highest BCUT2D eigenvalue weighted by atomic mass is 32.2. The maximum Gasteiger partial charge on any atom is 0.332 e. The van der Waals surface area contributed by atoms with E-state index in [1.165, 1.54) is 36.4 Å². The molecule has 0 spiro atoms. The molecule has 1 aliphatic carbocycles. The van der Waals surface area contributed by atoms with Gasteiger partial charge in [-0.1, -0.05) is 18.2 Å². The monoisotopic (exact) mass is 371 g/mol. The fourth-order valence-electron chi connectivity index (χ4n) is 2.89. The van der Waals surface area contributed by atoms with Gasteiger partial charge in [0.15, 0.2) is 0 Å². The summed E-state index contributed by atoms with van der Waals surface area (Å²) in [5.41, 5.74) is 0.829. The zero-order valence-corrected chi connectivity index (χ0v) is 14.6. The lowest BCUT2D eigenvalue weighted by molar-refractivity contribution is -0.133. The molecule has 0 bridgehead atoms. The molecule has 0 radical (unpaired) electrons. The molecule has 6 nitrogen and oxygen atoms in total. The topological polar surface area (TPSA) is 101 Å². The maximum atomic E-state index is 12.5. The van der Waals surface area contributed by atoms with Crippen LogP contribution in [0.4, 0.5) is 5.69 Å². The van der Waals surface area contributed by atoms with E-state index in [0.717, 1.165) is 0 Å². The van der Waals surface area contributed by atoms with Crippen molar-refractivity contribution in [3.8, 4) is 0 Å². The van der Waals surface area contributed by atoms with Crippen LogP contribution in [0.3, 0.4) is 0 Å². The number of carboxylic acid groups (broad SMARTS) is 1. The molecule has 3 rings (SSSR count). The Morgan fingerprint density at radius 3 is 2.04 bits per heavy atom. The minimum absolute atomic E-state index is 0.119. The van der Waals surface area contributed by atoms with Gasteiger partial charge in [-0.05, 0) is 55.7 Å². The van der Waals surface area contributed by atoms with Crippen LogP contribution in [0.2, 0.25) is 0 Å². The first kappa shape index (κ1) is 17.9. The van der Waals surface area contributed by atoms with Crippen LogP contribution in [0.15, 0.2) is 75.5 Å². The molecular weight excluding hydrogens is 354 g/mol. The summed E-state index contributed by atoms with van der Waals surface area (Å²) < 4.78 is 25.1. The number of aliphatic carboxylic acids is 1. The van der Waals surface area contributed by atoms with Crippen LogP contribution < -0.4 is 5.32 Å². The van der Waals surface area contributed by atoms with Crippen molar-refractivity contribution in [3.63, 3.8) is 0 Å². The molecule has 0 aliphatic heterocycles. The highest BCUT2D eigenvalue weighted by Gasteiger charge is 2.25. The second-order valence-corrected chi connectivity index (χ2v) is 7.86. The lowest BCUT2D eigenvalue weighted by atomic mass is 10.1. The number of sulfone groups is 1. The summed E-state index contributed by atoms with van der Waals surface area (Å²) in [5, 5.41) is 11.8. The molecule has 0 heterocycles. The molecule has 134 valence electrons. The second-order valence-electron chi connectivity index (χ2n) is 5.91. The largest absolute Gasteiger partial charge is 0.478 e. The van der Waals surface area contributed by atoms with Crippen LogP contribution in [-0.2, 0) is 19.4 Å². The summed E-state index contributed by atoms with van der Waals surface area (Å²) in [6.07, 6.45) is 1.44. The van der Waals surface area contributed by atoms with Gasteiger partial charge in [0.05, 0.1) is 9.79 Å². The Labute approximate surface area is 151 Å². The lowest BCUT2D eigenvalue weighted by Crippen LogP contribution is -2.16. The van der Waals surface area contributed by atoms with E-state index in [1.807, 2.05) is 0 Å². The van der Waals surface area contributed by atoms with Gasteiger partial charge < -0.3 is 10.4 Å². The molecule has 7 heteroatoms. The fourth-order valence-corrected chi connectivity index (χ4v) is 4.17. The van der Waals surface area contributed by atoms with Gasteiger partial charge in [-0.15, -0.1) is 0 Å². The molecule has 1 amide bonds. The highest BCUT2D eigenvalue weighted by Crippen LogP contribution is 2.28. The third-order valence-electron chi connectivity index (χ3n) is 4.23. The maximum absolute atomic E-state index is 12.5. The summed E-state index contributed by atoms with van der Waals surface area (Å²) in [6, 6.07) is 13.9. The molecule has 2 aromatic carbocycles. The van der Waals surface area contributed by atoms with Crippen molar-refractivity contribution in [1.29, 1.82) is 0 Å². The van der Waals surface area contributed by atoms with E-state index < -0.39 is 21.7 Å². The number of carbonyl (C=O) groups is 2. The number of carbonyl (C=O) groups excluding carboxylic acids is 1. The zero-order valence-electron chi connectivity index (χ0n) is 13.8.